The summed E-state index contributed by atoms with van der Waals surface area (Å²) in [5.74, 6) is 2.64. The van der Waals surface area contributed by atoms with Gasteiger partial charge in [-0.25, -0.2) is 0 Å². The third-order valence-corrected chi connectivity index (χ3v) is 5.33. The van der Waals surface area contributed by atoms with Gasteiger partial charge in [0, 0.05) is 17.5 Å². The predicted octanol–water partition coefficient (Wildman–Crippen LogP) is 3.48. The van der Waals surface area contributed by atoms with Gasteiger partial charge in [0.15, 0.2) is 0 Å². The van der Waals surface area contributed by atoms with Crippen molar-refractivity contribution in [3.05, 3.63) is 34.5 Å². The summed E-state index contributed by atoms with van der Waals surface area (Å²) in [4.78, 5) is 1.50. The summed E-state index contributed by atoms with van der Waals surface area (Å²) < 4.78 is 0. The molecule has 1 aromatic heterocycles. The van der Waals surface area contributed by atoms with E-state index >= 15 is 0 Å². The molecule has 0 saturated heterocycles. The van der Waals surface area contributed by atoms with Crippen LogP contribution in [0.4, 0.5) is 0 Å². The van der Waals surface area contributed by atoms with E-state index in [0.29, 0.717) is 6.04 Å². The molecular weight excluding hydrogens is 226 g/mol. The Morgan fingerprint density at radius 1 is 1.41 bits per heavy atom. The molecule has 0 amide bonds. The highest BCUT2D eigenvalue weighted by molar-refractivity contribution is 7.09. The number of rotatable bonds is 5. The van der Waals surface area contributed by atoms with Crippen molar-refractivity contribution in [3.63, 3.8) is 0 Å². The molecule has 17 heavy (non-hydrogen) atoms. The molecule has 0 spiro atoms. The lowest BCUT2D eigenvalue weighted by Gasteiger charge is -2.26. The minimum absolute atomic E-state index is 0.676. The molecule has 2 aliphatic rings. The van der Waals surface area contributed by atoms with Gasteiger partial charge in [-0.05, 0) is 55.4 Å². The molecule has 3 rings (SSSR count). The van der Waals surface area contributed by atoms with E-state index < -0.39 is 0 Å². The topological polar surface area (TPSA) is 12.0 Å². The normalized spacial score (nSPS) is 32.2. The van der Waals surface area contributed by atoms with E-state index in [1.807, 2.05) is 11.3 Å². The second-order valence-corrected chi connectivity index (χ2v) is 6.55. The van der Waals surface area contributed by atoms with Gasteiger partial charge in [0.05, 0.1) is 0 Å². The lowest BCUT2D eigenvalue weighted by atomic mass is 9.87. The third kappa shape index (κ3) is 2.48. The van der Waals surface area contributed by atoms with Gasteiger partial charge in [-0.1, -0.05) is 18.2 Å². The molecule has 2 heteroatoms. The Kier molecular flexibility index (Phi) is 3.34. The van der Waals surface area contributed by atoms with Crippen molar-refractivity contribution >= 4 is 11.3 Å². The van der Waals surface area contributed by atoms with Gasteiger partial charge in [-0.15, -0.1) is 11.3 Å². The van der Waals surface area contributed by atoms with E-state index in [1.54, 1.807) is 0 Å². The van der Waals surface area contributed by atoms with Crippen LogP contribution in [-0.4, -0.2) is 12.6 Å². The van der Waals surface area contributed by atoms with Crippen LogP contribution in [0.3, 0.4) is 0 Å². The quantitative estimate of drug-likeness (QED) is 0.786. The minimum Gasteiger partial charge on any atom is -0.314 e. The number of nitrogens with one attached hydrogen (secondary N) is 1. The maximum absolute atomic E-state index is 3.72. The van der Waals surface area contributed by atoms with Crippen LogP contribution >= 0.6 is 11.3 Å². The van der Waals surface area contributed by atoms with Crippen molar-refractivity contribution in [2.75, 3.05) is 6.54 Å². The maximum Gasteiger partial charge on any atom is 0.00729 e. The largest absolute Gasteiger partial charge is 0.314 e. The molecule has 4 unspecified atom stereocenters. The number of thiophene rings is 1. The van der Waals surface area contributed by atoms with Crippen LogP contribution in [0, 0.1) is 17.8 Å². The fourth-order valence-electron chi connectivity index (χ4n) is 3.43. The van der Waals surface area contributed by atoms with Crippen LogP contribution in [0.25, 0.3) is 0 Å². The molecule has 2 aliphatic carbocycles. The Labute approximate surface area is 108 Å². The van der Waals surface area contributed by atoms with Gasteiger partial charge >= 0.3 is 0 Å². The second-order valence-electron chi connectivity index (χ2n) is 5.52. The molecule has 1 heterocycles. The maximum atomic E-state index is 3.72. The van der Waals surface area contributed by atoms with E-state index in [0.717, 1.165) is 24.3 Å². The smallest absolute Gasteiger partial charge is 0.00729 e. The third-order valence-electron chi connectivity index (χ3n) is 4.39. The van der Waals surface area contributed by atoms with Crippen molar-refractivity contribution in [2.24, 2.45) is 17.8 Å². The molecule has 1 saturated carbocycles. The molecule has 1 fully saturated rings. The number of hydrogen-bond donors (Lipinski definition) is 1. The average molecular weight is 247 g/mol. The summed E-state index contributed by atoms with van der Waals surface area (Å²) in [5, 5.41) is 5.89. The zero-order chi connectivity index (χ0) is 11.7. The SMILES string of the molecule is CC(NCCc1cccs1)C1CC2C=CC1C2. The molecule has 4 atom stereocenters. The Hall–Kier alpha value is -0.600. The first-order valence-electron chi connectivity index (χ1n) is 6.77. The highest BCUT2D eigenvalue weighted by atomic mass is 32.1. The summed E-state index contributed by atoms with van der Waals surface area (Å²) in [6, 6.07) is 5.05. The van der Waals surface area contributed by atoms with Crippen LogP contribution < -0.4 is 5.32 Å². The summed E-state index contributed by atoms with van der Waals surface area (Å²) in [7, 11) is 0. The van der Waals surface area contributed by atoms with Crippen molar-refractivity contribution in [2.45, 2.75) is 32.2 Å². The Bertz CT molecular complexity index is 382. The highest BCUT2D eigenvalue weighted by Gasteiger charge is 2.38. The first-order chi connectivity index (χ1) is 8.33. The molecule has 2 bridgehead atoms. The molecule has 1 nitrogen and oxygen atoms in total. The monoisotopic (exact) mass is 247 g/mol. The van der Waals surface area contributed by atoms with Gasteiger partial charge in [-0.3, -0.25) is 0 Å². The van der Waals surface area contributed by atoms with Crippen molar-refractivity contribution in [3.8, 4) is 0 Å². The van der Waals surface area contributed by atoms with Crippen LogP contribution in [0.15, 0.2) is 29.7 Å². The number of allylic oxidation sites excluding steroid dienone is 2. The zero-order valence-electron chi connectivity index (χ0n) is 10.4. The fraction of sp³-hybridized carbons (Fsp3) is 0.600. The molecule has 1 aromatic rings. The van der Waals surface area contributed by atoms with Gasteiger partial charge < -0.3 is 5.32 Å². The van der Waals surface area contributed by atoms with Gasteiger partial charge in [0.25, 0.3) is 0 Å². The van der Waals surface area contributed by atoms with Crippen molar-refractivity contribution < 1.29 is 0 Å². The first kappa shape index (κ1) is 11.5. The van der Waals surface area contributed by atoms with E-state index in [1.165, 1.54) is 24.1 Å². The summed E-state index contributed by atoms with van der Waals surface area (Å²) in [6.45, 7) is 3.49. The lowest BCUT2D eigenvalue weighted by Crippen LogP contribution is -2.36. The second kappa shape index (κ2) is 4.95. The Morgan fingerprint density at radius 2 is 2.35 bits per heavy atom. The minimum atomic E-state index is 0.676. The molecular formula is C15H21NS. The van der Waals surface area contributed by atoms with Crippen LogP contribution in [-0.2, 0) is 6.42 Å². The standard InChI is InChI=1S/C15H21NS/c1-11(15-10-12-4-5-13(15)9-12)16-7-6-14-3-2-8-17-14/h2-5,8,11-13,15-16H,6-7,9-10H2,1H3. The van der Waals surface area contributed by atoms with Gasteiger partial charge in [0.1, 0.15) is 0 Å². The predicted molar refractivity (Wildman–Crippen MR) is 74.3 cm³/mol. The average Bonchev–Trinajstić information content (AvgIpc) is 3.05. The molecule has 0 radical (unpaired) electrons. The Morgan fingerprint density at radius 3 is 3.00 bits per heavy atom. The number of fused-ring (bicyclic) bond motifs is 2. The molecule has 1 N–H and O–H groups in total. The molecule has 0 aliphatic heterocycles. The number of hydrogen-bond acceptors (Lipinski definition) is 2. The lowest BCUT2D eigenvalue weighted by molar-refractivity contribution is 0.329. The zero-order valence-corrected chi connectivity index (χ0v) is 11.2. The van der Waals surface area contributed by atoms with E-state index in [2.05, 4.69) is 41.9 Å². The molecule has 92 valence electrons. The van der Waals surface area contributed by atoms with Crippen LogP contribution in [0.5, 0.6) is 0 Å². The Balaban J connectivity index is 1.45. The van der Waals surface area contributed by atoms with Crippen molar-refractivity contribution in [1.29, 1.82) is 0 Å². The van der Waals surface area contributed by atoms with E-state index in [-0.39, 0.29) is 0 Å². The van der Waals surface area contributed by atoms with Crippen molar-refractivity contribution in [1.82, 2.24) is 5.32 Å². The summed E-state index contributed by atoms with van der Waals surface area (Å²) in [5.41, 5.74) is 0. The van der Waals surface area contributed by atoms with Crippen LogP contribution in [0.1, 0.15) is 24.6 Å². The van der Waals surface area contributed by atoms with Crippen LogP contribution in [0.2, 0.25) is 0 Å². The first-order valence-corrected chi connectivity index (χ1v) is 7.65. The molecule has 0 aromatic carbocycles. The summed E-state index contributed by atoms with van der Waals surface area (Å²) >= 11 is 1.87. The highest BCUT2D eigenvalue weighted by Crippen LogP contribution is 2.44. The van der Waals surface area contributed by atoms with E-state index in [4.69, 9.17) is 0 Å². The van der Waals surface area contributed by atoms with Gasteiger partial charge in [-0.2, -0.15) is 0 Å². The summed E-state index contributed by atoms with van der Waals surface area (Å²) in [6.07, 6.45) is 8.89. The fourth-order valence-corrected chi connectivity index (χ4v) is 4.14. The van der Waals surface area contributed by atoms with Gasteiger partial charge in [0.2, 0.25) is 0 Å². The van der Waals surface area contributed by atoms with E-state index in [9.17, 15) is 0 Å².